The van der Waals surface area contributed by atoms with E-state index in [9.17, 15) is 9.59 Å². The monoisotopic (exact) mass is 502 g/mol. The first-order chi connectivity index (χ1) is 13.6. The topological polar surface area (TPSA) is 63.0 Å². The number of imidazole rings is 1. The van der Waals surface area contributed by atoms with Gasteiger partial charge in [-0.1, -0.05) is 54.6 Å². The number of benzene rings is 2. The number of carbonyl (C=O) groups excluding carboxylic acids is 2. The summed E-state index contributed by atoms with van der Waals surface area (Å²) in [6, 6.07) is 17.1. The number of carbonyl (C=O) groups is 2. The highest BCUT2D eigenvalue weighted by atomic mass is 127. The molecule has 1 heterocycles. The summed E-state index contributed by atoms with van der Waals surface area (Å²) in [6.45, 7) is 4.46. The molecule has 5 nitrogen and oxygen atoms in total. The molecule has 3 rings (SSSR count). The van der Waals surface area contributed by atoms with Crippen LogP contribution in [0.2, 0.25) is 0 Å². The Balaban J connectivity index is 0.00000300. The number of aromatic amines is 1. The van der Waals surface area contributed by atoms with Gasteiger partial charge in [0.25, 0.3) is 5.78 Å². The van der Waals surface area contributed by atoms with Crippen LogP contribution < -0.4 is 28.5 Å². The maximum atomic E-state index is 12.7. The second-order valence-corrected chi connectivity index (χ2v) is 6.42. The number of hydrogen-bond acceptors (Lipinski definition) is 3. The lowest BCUT2D eigenvalue weighted by molar-refractivity contribution is -0.688. The van der Waals surface area contributed by atoms with Crippen LogP contribution in [0.1, 0.15) is 41.2 Å². The lowest BCUT2D eigenvalue weighted by Crippen LogP contribution is -3.00. The third-order valence-electron chi connectivity index (χ3n) is 4.33. The number of esters is 1. The van der Waals surface area contributed by atoms with Gasteiger partial charge in [-0.25, -0.2) is 14.3 Å². The Bertz CT molecular complexity index is 992. The molecule has 0 saturated heterocycles. The van der Waals surface area contributed by atoms with Crippen molar-refractivity contribution >= 4 is 17.8 Å². The molecule has 29 heavy (non-hydrogen) atoms. The van der Waals surface area contributed by atoms with Crippen molar-refractivity contribution in [1.82, 2.24) is 4.98 Å². The van der Waals surface area contributed by atoms with E-state index in [1.54, 1.807) is 38.3 Å². The number of halogens is 1. The molecule has 0 aliphatic carbocycles. The van der Waals surface area contributed by atoms with E-state index in [-0.39, 0.29) is 35.7 Å². The second-order valence-electron chi connectivity index (χ2n) is 6.42. The molecule has 0 amide bonds. The molecular weight excluding hydrogens is 479 g/mol. The van der Waals surface area contributed by atoms with Gasteiger partial charge < -0.3 is 28.7 Å². The minimum atomic E-state index is -0.307. The fraction of sp³-hybridized carbons (Fsp3) is 0.174. The summed E-state index contributed by atoms with van der Waals surface area (Å²) in [5, 5.41) is 0. The maximum Gasteiger partial charge on any atom is 0.333 e. The Labute approximate surface area is 187 Å². The van der Waals surface area contributed by atoms with E-state index < -0.39 is 0 Å². The molecule has 150 valence electrons. The van der Waals surface area contributed by atoms with Gasteiger partial charge in [-0.05, 0) is 31.1 Å². The zero-order valence-electron chi connectivity index (χ0n) is 16.4. The summed E-state index contributed by atoms with van der Waals surface area (Å²) in [5.74, 6) is 0.182. The number of hydrogen-bond donors (Lipinski definition) is 1. The van der Waals surface area contributed by atoms with E-state index in [4.69, 9.17) is 4.74 Å². The first-order valence-corrected chi connectivity index (χ1v) is 9.19. The number of nitrogens with zero attached hydrogens (tertiary/aromatic N) is 1. The lowest BCUT2D eigenvalue weighted by atomic mass is 10.1. The zero-order valence-corrected chi connectivity index (χ0v) is 18.5. The SMILES string of the molecule is CCOC(=O)C(C)=Cc1ccc(C[n+]2cc[nH]c2C(=O)c2ccccc2)cc1.[I-]. The molecule has 6 heteroatoms. The van der Waals surface area contributed by atoms with Gasteiger partial charge in [-0.2, -0.15) is 0 Å². The van der Waals surface area contributed by atoms with Crippen LogP contribution in [0.3, 0.4) is 0 Å². The van der Waals surface area contributed by atoms with Crippen molar-refractivity contribution in [3.63, 3.8) is 0 Å². The summed E-state index contributed by atoms with van der Waals surface area (Å²) in [4.78, 5) is 27.5. The smallest absolute Gasteiger partial charge is 0.333 e. The van der Waals surface area contributed by atoms with E-state index in [0.717, 1.165) is 11.1 Å². The molecule has 3 aromatic rings. The fourth-order valence-corrected chi connectivity index (χ4v) is 2.89. The van der Waals surface area contributed by atoms with Crippen LogP contribution in [0.4, 0.5) is 0 Å². The molecule has 0 spiro atoms. The van der Waals surface area contributed by atoms with Gasteiger partial charge in [-0.3, -0.25) is 4.79 Å². The molecular formula is C23H23IN2O3. The van der Waals surface area contributed by atoms with Crippen LogP contribution in [-0.4, -0.2) is 23.3 Å². The summed E-state index contributed by atoms with van der Waals surface area (Å²) >= 11 is 0. The molecule has 2 aromatic carbocycles. The first kappa shape index (κ1) is 22.5. The Morgan fingerprint density at radius 1 is 1.07 bits per heavy atom. The Kier molecular flexibility index (Phi) is 8.33. The van der Waals surface area contributed by atoms with Crippen molar-refractivity contribution in [3.8, 4) is 0 Å². The minimum absolute atomic E-state index is 0. The number of rotatable bonds is 7. The molecule has 0 fully saturated rings. The molecule has 1 N–H and O–H groups in total. The Morgan fingerprint density at radius 3 is 2.41 bits per heavy atom. The summed E-state index contributed by atoms with van der Waals surface area (Å²) in [6.07, 6.45) is 5.42. The molecule has 0 radical (unpaired) electrons. The average Bonchev–Trinajstić information content (AvgIpc) is 3.17. The van der Waals surface area contributed by atoms with Gasteiger partial charge in [0.15, 0.2) is 0 Å². The normalized spacial score (nSPS) is 10.9. The molecule has 0 bridgehead atoms. The highest BCUT2D eigenvalue weighted by molar-refractivity contribution is 6.05. The van der Waals surface area contributed by atoms with Gasteiger partial charge >= 0.3 is 11.8 Å². The predicted molar refractivity (Wildman–Crippen MR) is 107 cm³/mol. The largest absolute Gasteiger partial charge is 1.00 e. The molecule has 0 aliphatic heterocycles. The molecule has 0 saturated carbocycles. The second kappa shape index (κ2) is 10.7. The van der Waals surface area contributed by atoms with Crippen molar-refractivity contribution in [2.75, 3.05) is 6.61 Å². The van der Waals surface area contributed by atoms with Gasteiger partial charge in [0, 0.05) is 11.1 Å². The molecule has 0 atom stereocenters. The first-order valence-electron chi connectivity index (χ1n) is 9.19. The van der Waals surface area contributed by atoms with Crippen LogP contribution in [-0.2, 0) is 16.1 Å². The van der Waals surface area contributed by atoms with Crippen LogP contribution in [0, 0.1) is 0 Å². The number of H-pyrrole nitrogens is 1. The third kappa shape index (κ3) is 5.87. The Morgan fingerprint density at radius 2 is 1.76 bits per heavy atom. The average molecular weight is 502 g/mol. The van der Waals surface area contributed by atoms with E-state index >= 15 is 0 Å². The zero-order chi connectivity index (χ0) is 19.9. The van der Waals surface area contributed by atoms with Gasteiger partial charge in [0.2, 0.25) is 0 Å². The van der Waals surface area contributed by atoms with Crippen molar-refractivity contribution in [3.05, 3.63) is 95.1 Å². The van der Waals surface area contributed by atoms with Crippen molar-refractivity contribution in [2.24, 2.45) is 0 Å². The van der Waals surface area contributed by atoms with E-state index in [2.05, 4.69) is 4.98 Å². The van der Waals surface area contributed by atoms with E-state index in [1.807, 2.05) is 53.2 Å². The van der Waals surface area contributed by atoms with Crippen molar-refractivity contribution in [2.45, 2.75) is 20.4 Å². The van der Waals surface area contributed by atoms with E-state index in [1.165, 1.54) is 0 Å². The lowest BCUT2D eigenvalue weighted by Gasteiger charge is -2.04. The van der Waals surface area contributed by atoms with Crippen LogP contribution >= 0.6 is 0 Å². The fourth-order valence-electron chi connectivity index (χ4n) is 2.89. The molecule has 1 aromatic heterocycles. The van der Waals surface area contributed by atoms with Crippen molar-refractivity contribution < 1.29 is 42.9 Å². The number of ether oxygens (including phenoxy) is 1. The predicted octanol–water partition coefficient (Wildman–Crippen LogP) is 0.552. The van der Waals surface area contributed by atoms with Gasteiger partial charge in [0.1, 0.15) is 18.9 Å². The molecule has 0 aliphatic rings. The van der Waals surface area contributed by atoms with Gasteiger partial charge in [0.05, 0.1) is 6.61 Å². The third-order valence-corrected chi connectivity index (χ3v) is 4.33. The number of nitrogens with one attached hydrogen (secondary N) is 1. The summed E-state index contributed by atoms with van der Waals surface area (Å²) in [5.41, 5.74) is 3.19. The van der Waals surface area contributed by atoms with Crippen molar-refractivity contribution in [1.29, 1.82) is 0 Å². The van der Waals surface area contributed by atoms with Crippen LogP contribution in [0.25, 0.3) is 6.08 Å². The highest BCUT2D eigenvalue weighted by Gasteiger charge is 2.21. The van der Waals surface area contributed by atoms with Crippen LogP contribution in [0.15, 0.2) is 72.6 Å². The maximum absolute atomic E-state index is 12.7. The highest BCUT2D eigenvalue weighted by Crippen LogP contribution is 2.11. The Hall–Kier alpha value is -2.74. The standard InChI is InChI=1S/C23H22N2O3.HI/c1-3-28-23(27)17(2)15-18-9-11-19(12-10-18)16-25-14-13-24-22(25)21(26)20-7-5-4-6-8-20;/h4-15H,3,16H2,1-2H3;1H. The van der Waals surface area contributed by atoms with Gasteiger partial charge in [-0.15, -0.1) is 0 Å². The van der Waals surface area contributed by atoms with Crippen LogP contribution in [0.5, 0.6) is 0 Å². The minimum Gasteiger partial charge on any atom is -1.00 e. The number of ketones is 1. The molecule has 0 unspecified atom stereocenters. The number of aromatic nitrogens is 2. The van der Waals surface area contributed by atoms with E-state index in [0.29, 0.717) is 30.1 Å². The summed E-state index contributed by atoms with van der Waals surface area (Å²) < 4.78 is 6.89. The quantitative estimate of drug-likeness (QED) is 0.169. The summed E-state index contributed by atoms with van der Waals surface area (Å²) in [7, 11) is 0.